The van der Waals surface area contributed by atoms with Crippen molar-refractivity contribution >= 4 is 17.3 Å². The van der Waals surface area contributed by atoms with Crippen LogP contribution in [0.5, 0.6) is 0 Å². The Morgan fingerprint density at radius 1 is 1.12 bits per heavy atom. The molecule has 174 valence electrons. The van der Waals surface area contributed by atoms with E-state index in [2.05, 4.69) is 33.8 Å². The van der Waals surface area contributed by atoms with Crippen LogP contribution in [0.15, 0.2) is 78.9 Å². The molecule has 0 saturated heterocycles. The van der Waals surface area contributed by atoms with E-state index in [1.807, 2.05) is 55.5 Å². The van der Waals surface area contributed by atoms with Crippen LogP contribution in [0, 0.1) is 12.8 Å². The summed E-state index contributed by atoms with van der Waals surface area (Å²) in [4.78, 5) is 9.02. The third-order valence-corrected chi connectivity index (χ3v) is 5.76. The Morgan fingerprint density at radius 2 is 1.85 bits per heavy atom. The lowest BCUT2D eigenvalue weighted by Gasteiger charge is -2.22. The zero-order chi connectivity index (χ0) is 23.6. The van der Waals surface area contributed by atoms with Gasteiger partial charge in [-0.05, 0) is 54.5 Å². The van der Waals surface area contributed by atoms with Gasteiger partial charge in [0.2, 0.25) is 5.95 Å². The number of aromatic nitrogens is 2. The van der Waals surface area contributed by atoms with Crippen LogP contribution in [0.4, 0.5) is 11.8 Å². The van der Waals surface area contributed by atoms with Crippen molar-refractivity contribution in [3.8, 4) is 0 Å². The van der Waals surface area contributed by atoms with Crippen LogP contribution in [-0.2, 0) is 4.74 Å². The standard InChI is InChI=1S/C27H35N5O/c1-19(22-11-7-5-8-12-22)15-24(33-4)18-29-27-30-21(3)17-26(32-27)31-25(28)16-20(2)23-13-9-6-10-14-23/h5,7-8,11-12,15-17,23H,1-2,6,9-10,13-14,18,28H2,3-4H3,(H2,29,30,31,32)/b24-15-,25-16+. The lowest BCUT2D eigenvalue weighted by atomic mass is 9.84. The van der Waals surface area contributed by atoms with Crippen LogP contribution in [0.25, 0.3) is 5.57 Å². The van der Waals surface area contributed by atoms with Crippen LogP contribution >= 0.6 is 0 Å². The quantitative estimate of drug-likeness (QED) is 0.317. The Kier molecular flexibility index (Phi) is 8.70. The SMILES string of the molecule is C=C(/C=C(/CNc1nc(C)cc(N/C(N)=C/C(=C)C2CCCCC2)n1)OC)c1ccccc1. The molecule has 0 unspecified atom stereocenters. The van der Waals surface area contributed by atoms with Gasteiger partial charge in [0, 0.05) is 11.8 Å². The van der Waals surface area contributed by atoms with Crippen molar-refractivity contribution in [3.05, 3.63) is 90.1 Å². The highest BCUT2D eigenvalue weighted by molar-refractivity contribution is 5.72. The van der Waals surface area contributed by atoms with Crippen molar-refractivity contribution in [1.29, 1.82) is 0 Å². The molecule has 2 aromatic rings. The number of nitrogens with one attached hydrogen (secondary N) is 2. The summed E-state index contributed by atoms with van der Waals surface area (Å²) >= 11 is 0. The molecule has 1 aliphatic carbocycles. The second-order valence-corrected chi connectivity index (χ2v) is 8.41. The third kappa shape index (κ3) is 7.52. The Bertz CT molecular complexity index is 1020. The highest BCUT2D eigenvalue weighted by Crippen LogP contribution is 2.29. The molecule has 1 saturated carbocycles. The summed E-state index contributed by atoms with van der Waals surface area (Å²) in [6, 6.07) is 11.8. The van der Waals surface area contributed by atoms with Gasteiger partial charge in [-0.15, -0.1) is 0 Å². The number of hydrogen-bond acceptors (Lipinski definition) is 6. The highest BCUT2D eigenvalue weighted by Gasteiger charge is 2.15. The maximum absolute atomic E-state index is 6.24. The molecule has 4 N–H and O–H groups in total. The fraction of sp³-hybridized carbons (Fsp3) is 0.333. The van der Waals surface area contributed by atoms with Crippen molar-refractivity contribution in [2.45, 2.75) is 39.0 Å². The van der Waals surface area contributed by atoms with Gasteiger partial charge in [-0.3, -0.25) is 0 Å². The van der Waals surface area contributed by atoms with Crippen LogP contribution in [0.3, 0.4) is 0 Å². The summed E-state index contributed by atoms with van der Waals surface area (Å²) in [7, 11) is 1.64. The Balaban J connectivity index is 1.63. The normalized spacial score (nSPS) is 15.1. The van der Waals surface area contributed by atoms with E-state index in [1.54, 1.807) is 7.11 Å². The summed E-state index contributed by atoms with van der Waals surface area (Å²) < 4.78 is 5.52. The molecule has 1 aromatic carbocycles. The molecule has 0 bridgehead atoms. The van der Waals surface area contributed by atoms with Gasteiger partial charge in [-0.25, -0.2) is 4.98 Å². The van der Waals surface area contributed by atoms with E-state index < -0.39 is 0 Å². The van der Waals surface area contributed by atoms with Gasteiger partial charge < -0.3 is 21.1 Å². The Morgan fingerprint density at radius 3 is 2.55 bits per heavy atom. The molecule has 6 heteroatoms. The number of nitrogens with two attached hydrogens (primary N) is 1. The van der Waals surface area contributed by atoms with Crippen LogP contribution in [0.1, 0.15) is 43.4 Å². The van der Waals surface area contributed by atoms with E-state index in [0.29, 0.717) is 30.0 Å². The van der Waals surface area contributed by atoms with Crippen LogP contribution in [0.2, 0.25) is 0 Å². The molecule has 0 atom stereocenters. The predicted octanol–water partition coefficient (Wildman–Crippen LogP) is 5.79. The molecule has 0 spiro atoms. The summed E-state index contributed by atoms with van der Waals surface area (Å²) in [5.41, 5.74) is 10.1. The van der Waals surface area contributed by atoms with Gasteiger partial charge in [-0.2, -0.15) is 4.98 Å². The molecule has 0 radical (unpaired) electrons. The first-order valence-electron chi connectivity index (χ1n) is 11.5. The van der Waals surface area contributed by atoms with Gasteiger partial charge in [0.15, 0.2) is 0 Å². The lowest BCUT2D eigenvalue weighted by molar-refractivity contribution is 0.290. The first kappa shape index (κ1) is 24.1. The Labute approximate surface area is 197 Å². The number of ether oxygens (including phenoxy) is 1. The van der Waals surface area contributed by atoms with Crippen molar-refractivity contribution in [1.82, 2.24) is 9.97 Å². The second-order valence-electron chi connectivity index (χ2n) is 8.41. The first-order valence-corrected chi connectivity index (χ1v) is 11.5. The fourth-order valence-electron chi connectivity index (χ4n) is 3.96. The molecule has 1 aliphatic rings. The number of hydrogen-bond donors (Lipinski definition) is 3. The minimum absolute atomic E-state index is 0.426. The number of rotatable bonds is 10. The second kappa shape index (κ2) is 11.9. The summed E-state index contributed by atoms with van der Waals surface area (Å²) in [6.45, 7) is 10.7. The van der Waals surface area contributed by atoms with Gasteiger partial charge in [0.05, 0.1) is 13.7 Å². The number of methoxy groups -OCH3 is 1. The number of benzene rings is 1. The van der Waals surface area contributed by atoms with Gasteiger partial charge >= 0.3 is 0 Å². The van der Waals surface area contributed by atoms with Crippen molar-refractivity contribution in [2.75, 3.05) is 24.3 Å². The van der Waals surface area contributed by atoms with Gasteiger partial charge in [-0.1, -0.05) is 62.8 Å². The number of aryl methyl sites for hydroxylation is 1. The smallest absolute Gasteiger partial charge is 0.225 e. The van der Waals surface area contributed by atoms with E-state index in [0.717, 1.165) is 28.2 Å². The molecule has 6 nitrogen and oxygen atoms in total. The zero-order valence-electron chi connectivity index (χ0n) is 19.7. The number of allylic oxidation sites excluding steroid dienone is 4. The predicted molar refractivity (Wildman–Crippen MR) is 137 cm³/mol. The number of nitrogens with zero attached hydrogens (tertiary/aromatic N) is 2. The first-order chi connectivity index (χ1) is 15.9. The average Bonchev–Trinajstić information content (AvgIpc) is 2.82. The van der Waals surface area contributed by atoms with E-state index in [4.69, 9.17) is 10.5 Å². The molecule has 33 heavy (non-hydrogen) atoms. The van der Waals surface area contributed by atoms with Gasteiger partial charge in [0.25, 0.3) is 0 Å². The molecule has 1 heterocycles. The highest BCUT2D eigenvalue weighted by atomic mass is 16.5. The maximum Gasteiger partial charge on any atom is 0.225 e. The summed E-state index contributed by atoms with van der Waals surface area (Å²) in [6.07, 6.45) is 10.1. The van der Waals surface area contributed by atoms with Crippen LogP contribution in [-0.4, -0.2) is 23.6 Å². The Hall–Kier alpha value is -3.54. The minimum atomic E-state index is 0.426. The minimum Gasteiger partial charge on any atom is -0.499 e. The monoisotopic (exact) mass is 445 g/mol. The van der Waals surface area contributed by atoms with Crippen molar-refractivity contribution in [3.63, 3.8) is 0 Å². The van der Waals surface area contributed by atoms with Crippen molar-refractivity contribution < 1.29 is 4.74 Å². The molecule has 1 aromatic heterocycles. The largest absolute Gasteiger partial charge is 0.499 e. The molecule has 0 amide bonds. The lowest BCUT2D eigenvalue weighted by Crippen LogP contribution is -2.15. The average molecular weight is 446 g/mol. The topological polar surface area (TPSA) is 85.1 Å². The molecular formula is C27H35N5O. The van der Waals surface area contributed by atoms with E-state index in [-0.39, 0.29) is 0 Å². The van der Waals surface area contributed by atoms with E-state index in [1.165, 1.54) is 32.1 Å². The van der Waals surface area contributed by atoms with E-state index in [9.17, 15) is 0 Å². The number of anilines is 2. The maximum atomic E-state index is 6.24. The third-order valence-electron chi connectivity index (χ3n) is 5.76. The van der Waals surface area contributed by atoms with Crippen LogP contribution < -0.4 is 16.4 Å². The summed E-state index contributed by atoms with van der Waals surface area (Å²) in [5, 5.41) is 6.40. The summed E-state index contributed by atoms with van der Waals surface area (Å²) in [5.74, 6) is 2.91. The molecule has 3 rings (SSSR count). The zero-order valence-corrected chi connectivity index (χ0v) is 19.7. The fourth-order valence-corrected chi connectivity index (χ4v) is 3.96. The van der Waals surface area contributed by atoms with Crippen molar-refractivity contribution in [2.24, 2.45) is 11.7 Å². The molecular weight excluding hydrogens is 410 g/mol. The van der Waals surface area contributed by atoms with E-state index >= 15 is 0 Å². The molecule has 0 aliphatic heterocycles. The van der Waals surface area contributed by atoms with Gasteiger partial charge in [0.1, 0.15) is 17.4 Å². The molecule has 1 fully saturated rings.